The highest BCUT2D eigenvalue weighted by Gasteiger charge is 2.10. The van der Waals surface area contributed by atoms with Crippen molar-refractivity contribution >= 4 is 5.96 Å². The predicted octanol–water partition coefficient (Wildman–Crippen LogP) is 2.66. The van der Waals surface area contributed by atoms with Crippen molar-refractivity contribution in [1.29, 1.82) is 0 Å². The molecule has 2 atom stereocenters. The van der Waals surface area contributed by atoms with Crippen LogP contribution in [0.25, 0.3) is 0 Å². The minimum atomic E-state index is -0.831. The molecule has 0 amide bonds. The maximum absolute atomic E-state index is 13.3. The van der Waals surface area contributed by atoms with E-state index in [1.807, 2.05) is 20.8 Å². The quantitative estimate of drug-likeness (QED) is 0.601. The van der Waals surface area contributed by atoms with E-state index in [1.54, 1.807) is 13.2 Å². The maximum atomic E-state index is 13.3. The van der Waals surface area contributed by atoms with Gasteiger partial charge in [0.05, 0.1) is 6.61 Å². The monoisotopic (exact) mass is 313 g/mol. The van der Waals surface area contributed by atoms with Gasteiger partial charge in [-0.15, -0.1) is 0 Å². The predicted molar refractivity (Wildman–Crippen MR) is 85.2 cm³/mol. The second-order valence-electron chi connectivity index (χ2n) is 5.29. The van der Waals surface area contributed by atoms with Gasteiger partial charge in [-0.1, -0.05) is 13.0 Å². The molecule has 0 spiro atoms. The molecule has 4 nitrogen and oxygen atoms in total. The molecule has 2 unspecified atom stereocenters. The van der Waals surface area contributed by atoms with E-state index in [4.69, 9.17) is 4.74 Å². The second kappa shape index (κ2) is 9.35. The molecule has 0 aromatic heterocycles. The third-order valence-corrected chi connectivity index (χ3v) is 3.18. The van der Waals surface area contributed by atoms with Crippen molar-refractivity contribution in [3.8, 4) is 0 Å². The summed E-state index contributed by atoms with van der Waals surface area (Å²) in [5.74, 6) is -0.986. The molecular weight excluding hydrogens is 288 g/mol. The fourth-order valence-corrected chi connectivity index (χ4v) is 2.00. The second-order valence-corrected chi connectivity index (χ2v) is 5.29. The fourth-order valence-electron chi connectivity index (χ4n) is 2.00. The number of halogens is 2. The van der Waals surface area contributed by atoms with Crippen LogP contribution in [0.4, 0.5) is 8.78 Å². The molecule has 0 aliphatic heterocycles. The Morgan fingerprint density at radius 1 is 1.27 bits per heavy atom. The van der Waals surface area contributed by atoms with Gasteiger partial charge in [-0.25, -0.2) is 8.78 Å². The number of nitrogens with zero attached hydrogens (tertiary/aromatic N) is 1. The lowest BCUT2D eigenvalue weighted by atomic mass is 10.0. The summed E-state index contributed by atoms with van der Waals surface area (Å²) in [6.45, 7) is 7.69. The highest BCUT2D eigenvalue weighted by Crippen LogP contribution is 2.18. The number of ether oxygens (including phenoxy) is 1. The van der Waals surface area contributed by atoms with Crippen molar-refractivity contribution in [3.05, 3.63) is 35.4 Å². The minimum Gasteiger partial charge on any atom is -0.383 e. The molecule has 22 heavy (non-hydrogen) atoms. The molecule has 1 aromatic carbocycles. The summed E-state index contributed by atoms with van der Waals surface area (Å²) < 4.78 is 31.3. The molecule has 1 aromatic rings. The van der Waals surface area contributed by atoms with Crippen molar-refractivity contribution in [2.75, 3.05) is 26.8 Å². The average Bonchev–Trinajstić information content (AvgIpc) is 2.47. The Labute approximate surface area is 131 Å². The van der Waals surface area contributed by atoms with Crippen LogP contribution in [0.3, 0.4) is 0 Å². The zero-order valence-electron chi connectivity index (χ0n) is 13.6. The highest BCUT2D eigenvalue weighted by atomic mass is 19.2. The molecule has 2 N–H and O–H groups in total. The Hall–Kier alpha value is -1.69. The van der Waals surface area contributed by atoms with Crippen LogP contribution >= 0.6 is 0 Å². The van der Waals surface area contributed by atoms with Gasteiger partial charge in [-0.2, -0.15) is 0 Å². The highest BCUT2D eigenvalue weighted by molar-refractivity contribution is 5.80. The van der Waals surface area contributed by atoms with Crippen LogP contribution in [-0.2, 0) is 4.74 Å². The Balaban J connectivity index is 2.69. The van der Waals surface area contributed by atoms with Crippen molar-refractivity contribution in [2.24, 2.45) is 4.99 Å². The zero-order chi connectivity index (χ0) is 16.5. The van der Waals surface area contributed by atoms with Gasteiger partial charge in [0.25, 0.3) is 0 Å². The number of methoxy groups -OCH3 is 1. The first-order chi connectivity index (χ1) is 10.5. The molecule has 0 aliphatic carbocycles. The van der Waals surface area contributed by atoms with Gasteiger partial charge in [0, 0.05) is 32.2 Å². The van der Waals surface area contributed by atoms with Crippen molar-refractivity contribution < 1.29 is 13.5 Å². The van der Waals surface area contributed by atoms with Crippen molar-refractivity contribution in [2.45, 2.75) is 32.7 Å². The molecule has 124 valence electrons. The van der Waals surface area contributed by atoms with E-state index in [1.165, 1.54) is 6.07 Å². The summed E-state index contributed by atoms with van der Waals surface area (Å²) in [4.78, 5) is 4.49. The smallest absolute Gasteiger partial charge is 0.191 e. The van der Waals surface area contributed by atoms with E-state index in [9.17, 15) is 8.78 Å². The number of rotatable bonds is 7. The first-order valence-corrected chi connectivity index (χ1v) is 7.46. The number of guanidine groups is 1. The van der Waals surface area contributed by atoms with E-state index in [2.05, 4.69) is 15.6 Å². The molecule has 0 bridgehead atoms. The summed E-state index contributed by atoms with van der Waals surface area (Å²) >= 11 is 0. The first kappa shape index (κ1) is 18.4. The van der Waals surface area contributed by atoms with Crippen LogP contribution < -0.4 is 10.6 Å². The van der Waals surface area contributed by atoms with Crippen LogP contribution in [-0.4, -0.2) is 38.8 Å². The molecule has 0 aliphatic rings. The molecule has 0 saturated heterocycles. The van der Waals surface area contributed by atoms with Gasteiger partial charge in [0.1, 0.15) is 0 Å². The molecule has 0 fully saturated rings. The van der Waals surface area contributed by atoms with E-state index in [-0.39, 0.29) is 12.0 Å². The number of hydrogen-bond acceptors (Lipinski definition) is 2. The topological polar surface area (TPSA) is 45.7 Å². The average molecular weight is 313 g/mol. The van der Waals surface area contributed by atoms with Crippen LogP contribution in [0.5, 0.6) is 0 Å². The Morgan fingerprint density at radius 2 is 2.00 bits per heavy atom. The maximum Gasteiger partial charge on any atom is 0.191 e. The number of aliphatic imine (C=N–C) groups is 1. The molecular formula is C16H25F2N3O. The zero-order valence-corrected chi connectivity index (χ0v) is 13.6. The largest absolute Gasteiger partial charge is 0.383 e. The van der Waals surface area contributed by atoms with E-state index in [0.29, 0.717) is 19.1 Å². The number of hydrogen-bond donors (Lipinski definition) is 2. The van der Waals surface area contributed by atoms with Crippen molar-refractivity contribution in [3.63, 3.8) is 0 Å². The van der Waals surface area contributed by atoms with Gasteiger partial charge in [0.15, 0.2) is 17.6 Å². The third kappa shape index (κ3) is 5.97. The van der Waals surface area contributed by atoms with Crippen LogP contribution in [0.2, 0.25) is 0 Å². The lowest BCUT2D eigenvalue weighted by Gasteiger charge is -2.18. The Bertz CT molecular complexity index is 494. The van der Waals surface area contributed by atoms with Crippen LogP contribution in [0.15, 0.2) is 23.2 Å². The van der Waals surface area contributed by atoms with E-state index < -0.39 is 11.6 Å². The summed E-state index contributed by atoms with van der Waals surface area (Å²) in [5.41, 5.74) is 0.725. The molecule has 0 heterocycles. The van der Waals surface area contributed by atoms with Crippen LogP contribution in [0.1, 0.15) is 32.3 Å². The number of benzene rings is 1. The van der Waals surface area contributed by atoms with Gasteiger partial charge < -0.3 is 15.4 Å². The first-order valence-electron chi connectivity index (χ1n) is 7.46. The van der Waals surface area contributed by atoms with Gasteiger partial charge in [-0.05, 0) is 31.5 Å². The van der Waals surface area contributed by atoms with Crippen LogP contribution in [0, 0.1) is 11.6 Å². The SMILES string of the molecule is CCNC(=NCC(C)c1ccc(F)c(F)c1)NC(C)COC. The molecule has 0 radical (unpaired) electrons. The molecule has 6 heteroatoms. The van der Waals surface area contributed by atoms with Gasteiger partial charge in [0.2, 0.25) is 0 Å². The summed E-state index contributed by atoms with van der Waals surface area (Å²) in [6, 6.07) is 4.09. The van der Waals surface area contributed by atoms with Gasteiger partial charge >= 0.3 is 0 Å². The van der Waals surface area contributed by atoms with Crippen molar-refractivity contribution in [1.82, 2.24) is 10.6 Å². The normalized spacial score (nSPS) is 14.5. The lowest BCUT2D eigenvalue weighted by Crippen LogP contribution is -2.44. The van der Waals surface area contributed by atoms with Gasteiger partial charge in [-0.3, -0.25) is 4.99 Å². The standard InChI is InChI=1S/C16H25F2N3O/c1-5-19-16(21-12(3)10-22-4)20-9-11(2)13-6-7-14(17)15(18)8-13/h6-8,11-12H,5,9-10H2,1-4H3,(H2,19,20,21). The Morgan fingerprint density at radius 3 is 2.59 bits per heavy atom. The lowest BCUT2D eigenvalue weighted by molar-refractivity contribution is 0.179. The van der Waals surface area contributed by atoms with E-state index in [0.717, 1.165) is 18.2 Å². The third-order valence-electron chi connectivity index (χ3n) is 3.18. The summed E-state index contributed by atoms with van der Waals surface area (Å²) in [6.07, 6.45) is 0. The summed E-state index contributed by atoms with van der Waals surface area (Å²) in [7, 11) is 1.65. The molecule has 0 saturated carbocycles. The Kier molecular flexibility index (Phi) is 7.80. The van der Waals surface area contributed by atoms with E-state index >= 15 is 0 Å². The number of nitrogens with one attached hydrogen (secondary N) is 2. The fraction of sp³-hybridized carbons (Fsp3) is 0.562. The molecule has 1 rings (SSSR count). The summed E-state index contributed by atoms with van der Waals surface area (Å²) in [5, 5.41) is 6.37. The minimum absolute atomic E-state index is 0.0108.